The van der Waals surface area contributed by atoms with E-state index in [4.69, 9.17) is 16.5 Å². The molecule has 2 aliphatic heterocycles. The van der Waals surface area contributed by atoms with Crippen LogP contribution >= 0.6 is 0 Å². The molecule has 0 N–H and O–H groups in total. The molecule has 0 aliphatic carbocycles. The number of hydrogen-bond acceptors (Lipinski definition) is 4. The van der Waals surface area contributed by atoms with E-state index in [1.165, 1.54) is 61.4 Å². The summed E-state index contributed by atoms with van der Waals surface area (Å²) in [5.74, 6) is 0.566. The van der Waals surface area contributed by atoms with Gasteiger partial charge in [-0.15, -0.1) is 0 Å². The largest absolute Gasteiger partial charge is 0.319 e. The molecule has 0 radical (unpaired) electrons. The van der Waals surface area contributed by atoms with Gasteiger partial charge in [-0.05, 0) is 156 Å². The molecule has 14 rings (SSSR count). The zero-order valence-corrected chi connectivity index (χ0v) is 52.6. The minimum Gasteiger partial charge on any atom is -0.319 e. The average Bonchev–Trinajstić information content (AvgIpc) is 0.990. The first kappa shape index (κ1) is 56.1. The summed E-state index contributed by atoms with van der Waals surface area (Å²) in [5.41, 5.74) is 25.7. The average molecular weight is 1140 g/mol. The SMILES string of the molecule is [C-]#[N+]c1cc(-c2nc(-c3ccccc3)cc(-c3ccccc3)n2)ccc1-n1c2ccccc2c2cc(-c3cc4c5c(c3)N(c3cc(C(C)(C)C)cc(C(C)(C)C)c3)c3ccccc3B5c3ccccc3N4c3cc(C(C)(C)C)cc(C(C)(C)C)c3)ccc21. The van der Waals surface area contributed by atoms with Gasteiger partial charge in [-0.2, -0.15) is 0 Å². The first-order valence-electron chi connectivity index (χ1n) is 30.9. The Morgan fingerprint density at radius 3 is 1.28 bits per heavy atom. The first-order chi connectivity index (χ1) is 42.1. The van der Waals surface area contributed by atoms with Gasteiger partial charge in [0.05, 0.1) is 34.7 Å². The summed E-state index contributed by atoms with van der Waals surface area (Å²) in [6.45, 7) is 36.8. The lowest BCUT2D eigenvalue weighted by molar-refractivity contribution is 0.568. The number of anilines is 6. The molecule has 2 aromatic heterocycles. The second kappa shape index (κ2) is 20.7. The Morgan fingerprint density at radius 2 is 0.795 bits per heavy atom. The Labute approximate surface area is 519 Å². The summed E-state index contributed by atoms with van der Waals surface area (Å²) in [4.78, 5) is 19.7. The van der Waals surface area contributed by atoms with Crippen molar-refractivity contribution in [2.24, 2.45) is 0 Å². The molecule has 7 heteroatoms. The molecule has 0 unspecified atom stereocenters. The summed E-state index contributed by atoms with van der Waals surface area (Å²) in [6.07, 6.45) is 0. The number of nitrogens with zero attached hydrogens (tertiary/aromatic N) is 6. The molecule has 0 saturated heterocycles. The van der Waals surface area contributed by atoms with E-state index in [-0.39, 0.29) is 28.4 Å². The van der Waals surface area contributed by atoms with Crippen molar-refractivity contribution >= 4 is 84.7 Å². The van der Waals surface area contributed by atoms with Crippen molar-refractivity contribution in [3.8, 4) is 50.7 Å². The lowest BCUT2D eigenvalue weighted by Crippen LogP contribution is -2.61. The summed E-state index contributed by atoms with van der Waals surface area (Å²) < 4.78 is 2.27. The molecular formula is C81H73BN6. The van der Waals surface area contributed by atoms with Crippen molar-refractivity contribution < 1.29 is 0 Å². The monoisotopic (exact) mass is 1140 g/mol. The highest BCUT2D eigenvalue weighted by atomic mass is 15.2. The van der Waals surface area contributed by atoms with Crippen molar-refractivity contribution in [1.82, 2.24) is 14.5 Å². The van der Waals surface area contributed by atoms with Crippen LogP contribution in [-0.4, -0.2) is 21.2 Å². The summed E-state index contributed by atoms with van der Waals surface area (Å²) in [6, 6.07) is 82.1. The molecule has 0 saturated carbocycles. The molecule has 430 valence electrons. The van der Waals surface area contributed by atoms with Gasteiger partial charge in [0.15, 0.2) is 5.82 Å². The zero-order chi connectivity index (χ0) is 61.2. The molecule has 0 fully saturated rings. The van der Waals surface area contributed by atoms with E-state index < -0.39 is 0 Å². The zero-order valence-electron chi connectivity index (χ0n) is 52.6. The van der Waals surface area contributed by atoms with E-state index in [1.54, 1.807) is 0 Å². The molecule has 0 spiro atoms. The number of rotatable bonds is 7. The third kappa shape index (κ3) is 9.67. The van der Waals surface area contributed by atoms with E-state index in [2.05, 4.69) is 278 Å². The van der Waals surface area contributed by atoms with E-state index >= 15 is 0 Å². The topological polar surface area (TPSA) is 41.6 Å². The maximum Gasteiger partial charge on any atom is 0.252 e. The van der Waals surface area contributed by atoms with Gasteiger partial charge in [0.2, 0.25) is 5.69 Å². The molecule has 88 heavy (non-hydrogen) atoms. The third-order valence-corrected chi connectivity index (χ3v) is 18.2. The smallest absolute Gasteiger partial charge is 0.252 e. The maximum absolute atomic E-state index is 8.78. The van der Waals surface area contributed by atoms with Crippen LogP contribution in [0.1, 0.15) is 105 Å². The van der Waals surface area contributed by atoms with Gasteiger partial charge in [0.1, 0.15) is 0 Å². The second-order valence-corrected chi connectivity index (χ2v) is 28.3. The predicted octanol–water partition coefficient (Wildman–Crippen LogP) is 20.1. The number of benzene rings is 10. The van der Waals surface area contributed by atoms with Gasteiger partial charge in [-0.1, -0.05) is 223 Å². The fourth-order valence-electron chi connectivity index (χ4n) is 13.3. The predicted molar refractivity (Wildman–Crippen MR) is 373 cm³/mol. The molecule has 6 nitrogen and oxygen atoms in total. The van der Waals surface area contributed by atoms with Crippen LogP contribution in [0.25, 0.3) is 77.4 Å². The highest BCUT2D eigenvalue weighted by Crippen LogP contribution is 2.49. The maximum atomic E-state index is 8.78. The van der Waals surface area contributed by atoms with Gasteiger partial charge >= 0.3 is 0 Å². The van der Waals surface area contributed by atoms with Gasteiger partial charge in [-0.3, -0.25) is 0 Å². The Hall–Kier alpha value is -9.77. The highest BCUT2D eigenvalue weighted by Gasteiger charge is 2.44. The van der Waals surface area contributed by atoms with Crippen molar-refractivity contribution in [2.75, 3.05) is 9.80 Å². The van der Waals surface area contributed by atoms with Crippen molar-refractivity contribution in [3.05, 3.63) is 258 Å². The van der Waals surface area contributed by atoms with Crippen molar-refractivity contribution in [2.45, 2.75) is 105 Å². The molecule has 2 aliphatic rings. The van der Waals surface area contributed by atoms with E-state index in [0.29, 0.717) is 11.5 Å². The standard InChI is InChI=1S/C81H73BN6/c1-78(2,3)56-44-57(79(4,5)6)47-60(46-56)86-71-34-24-21-31-64(71)82-65-32-22-25-35-72(65)87(61-48-58(80(7,8)9)45-59(49-61)81(10,11)12)75-43-55(42-74(86)76(75)82)53-36-38-70-63(40-53)62-30-20-23-33-69(62)88(70)73-39-37-54(41-68(73)83-13)77-84-66(51-26-16-14-17-27-51)50-67(85-77)52-28-18-15-19-29-52/h14-50H,1-12H3. The number of fused-ring (bicyclic) bond motifs is 7. The summed E-state index contributed by atoms with van der Waals surface area (Å²) in [7, 11) is 0. The Balaban J connectivity index is 1.00. The number of hydrogen-bond donors (Lipinski definition) is 0. The van der Waals surface area contributed by atoms with Crippen LogP contribution in [-0.2, 0) is 21.7 Å². The molecule has 0 atom stereocenters. The van der Waals surface area contributed by atoms with Gasteiger partial charge in [-0.25, -0.2) is 14.8 Å². The highest BCUT2D eigenvalue weighted by molar-refractivity contribution is 7.00. The fourth-order valence-corrected chi connectivity index (χ4v) is 13.3. The molecule has 0 amide bonds. The van der Waals surface area contributed by atoms with Gasteiger partial charge in [0, 0.05) is 61.6 Å². The van der Waals surface area contributed by atoms with Crippen LogP contribution in [0.2, 0.25) is 0 Å². The molecule has 12 aromatic rings. The van der Waals surface area contributed by atoms with E-state index in [9.17, 15) is 0 Å². The molecule has 0 bridgehead atoms. The lowest BCUT2D eigenvalue weighted by Gasteiger charge is -2.45. The Bertz CT molecular complexity index is 4540. The number of aromatic nitrogens is 3. The minimum absolute atomic E-state index is 0.0338. The van der Waals surface area contributed by atoms with Crippen LogP contribution in [0.3, 0.4) is 0 Å². The molecule has 10 aromatic carbocycles. The summed E-state index contributed by atoms with van der Waals surface area (Å²) >= 11 is 0. The Kier molecular flexibility index (Phi) is 13.2. The summed E-state index contributed by atoms with van der Waals surface area (Å²) in [5, 5.41) is 2.21. The van der Waals surface area contributed by atoms with Gasteiger partial charge in [0.25, 0.3) is 6.71 Å². The van der Waals surface area contributed by atoms with Crippen LogP contribution in [0.5, 0.6) is 0 Å². The number of para-hydroxylation sites is 3. The second-order valence-electron chi connectivity index (χ2n) is 28.3. The van der Waals surface area contributed by atoms with Crippen LogP contribution in [0, 0.1) is 6.57 Å². The van der Waals surface area contributed by atoms with Crippen molar-refractivity contribution in [1.29, 1.82) is 0 Å². The first-order valence-corrected chi connectivity index (χ1v) is 30.9. The molecule has 4 heterocycles. The van der Waals surface area contributed by atoms with Crippen molar-refractivity contribution in [3.63, 3.8) is 0 Å². The van der Waals surface area contributed by atoms with Crippen LogP contribution in [0.15, 0.2) is 224 Å². The fraction of sp³-hybridized carbons (Fsp3) is 0.198. The minimum atomic E-state index is -0.102. The van der Waals surface area contributed by atoms with E-state index in [0.717, 1.165) is 78.1 Å². The molecular weight excluding hydrogens is 1070 g/mol. The van der Waals surface area contributed by atoms with E-state index in [1.807, 2.05) is 48.5 Å². The quantitative estimate of drug-likeness (QED) is 0.118. The van der Waals surface area contributed by atoms with Crippen LogP contribution < -0.4 is 26.2 Å². The lowest BCUT2D eigenvalue weighted by atomic mass is 9.33. The van der Waals surface area contributed by atoms with Crippen LogP contribution in [0.4, 0.5) is 39.8 Å². The van der Waals surface area contributed by atoms with Gasteiger partial charge < -0.3 is 14.4 Å². The Morgan fingerprint density at radius 1 is 0.352 bits per heavy atom. The third-order valence-electron chi connectivity index (χ3n) is 18.2. The normalized spacial score (nSPS) is 13.1.